The molecule has 0 bridgehead atoms. The lowest BCUT2D eigenvalue weighted by Crippen LogP contribution is -2.09. The highest BCUT2D eigenvalue weighted by Gasteiger charge is 2.13. The minimum Gasteiger partial charge on any atom is -0.493 e. The molecule has 1 atom stereocenters. The summed E-state index contributed by atoms with van der Waals surface area (Å²) in [6.45, 7) is 0.424. The van der Waals surface area contributed by atoms with Crippen LogP contribution in [0, 0.1) is 0 Å². The standard InChI is InChI=1S/C17H19NO2S/c18-15-5-2-6-16(12-15)20-9-10-21(19)17-8-7-13-3-1-4-14(13)11-17/h2,5-8,11-12H,1,3-4,9-10,18H2. The highest BCUT2D eigenvalue weighted by molar-refractivity contribution is 7.85. The van der Waals surface area contributed by atoms with Crippen molar-refractivity contribution in [3.8, 4) is 5.75 Å². The smallest absolute Gasteiger partial charge is 0.121 e. The average Bonchev–Trinajstić information content (AvgIpc) is 2.94. The fraction of sp³-hybridized carbons (Fsp3) is 0.294. The zero-order chi connectivity index (χ0) is 14.7. The number of fused-ring (bicyclic) bond motifs is 1. The lowest BCUT2D eigenvalue weighted by molar-refractivity contribution is 0.343. The molecule has 110 valence electrons. The third-order valence-electron chi connectivity index (χ3n) is 3.73. The normalized spacial score (nSPS) is 14.7. The fourth-order valence-electron chi connectivity index (χ4n) is 2.65. The number of hydrogen-bond acceptors (Lipinski definition) is 3. The first-order valence-corrected chi connectivity index (χ1v) is 8.53. The molecule has 21 heavy (non-hydrogen) atoms. The number of ether oxygens (including phenoxy) is 1. The van der Waals surface area contributed by atoms with Crippen LogP contribution in [0.4, 0.5) is 5.69 Å². The van der Waals surface area contributed by atoms with Gasteiger partial charge < -0.3 is 10.5 Å². The van der Waals surface area contributed by atoms with E-state index in [0.29, 0.717) is 18.0 Å². The quantitative estimate of drug-likeness (QED) is 0.864. The maximum Gasteiger partial charge on any atom is 0.121 e. The number of hydrogen-bond donors (Lipinski definition) is 1. The number of nitrogen functional groups attached to an aromatic ring is 1. The Hall–Kier alpha value is -1.81. The molecule has 0 spiro atoms. The van der Waals surface area contributed by atoms with Gasteiger partial charge in [-0.3, -0.25) is 4.21 Å². The van der Waals surface area contributed by atoms with Crippen molar-refractivity contribution in [1.82, 2.24) is 0 Å². The first-order chi connectivity index (χ1) is 10.2. The second-order valence-electron chi connectivity index (χ2n) is 5.25. The van der Waals surface area contributed by atoms with Gasteiger partial charge in [-0.05, 0) is 54.7 Å². The zero-order valence-corrected chi connectivity index (χ0v) is 12.7. The topological polar surface area (TPSA) is 52.3 Å². The largest absolute Gasteiger partial charge is 0.493 e. The van der Waals surface area contributed by atoms with E-state index in [-0.39, 0.29) is 0 Å². The minimum atomic E-state index is -1.01. The summed E-state index contributed by atoms with van der Waals surface area (Å²) >= 11 is 0. The molecule has 1 aliphatic carbocycles. The van der Waals surface area contributed by atoms with Crippen molar-refractivity contribution < 1.29 is 8.95 Å². The Morgan fingerprint density at radius 3 is 2.81 bits per heavy atom. The Labute approximate surface area is 127 Å². The Bertz CT molecular complexity index is 670. The molecule has 0 fully saturated rings. The van der Waals surface area contributed by atoms with Crippen molar-refractivity contribution in [2.45, 2.75) is 24.2 Å². The molecule has 0 saturated carbocycles. The van der Waals surface area contributed by atoms with Crippen LogP contribution < -0.4 is 10.5 Å². The lowest BCUT2D eigenvalue weighted by Gasteiger charge is -2.08. The first kappa shape index (κ1) is 14.1. The third-order valence-corrected chi connectivity index (χ3v) is 5.05. The zero-order valence-electron chi connectivity index (χ0n) is 11.9. The second kappa shape index (κ2) is 6.31. The van der Waals surface area contributed by atoms with E-state index in [1.807, 2.05) is 24.3 Å². The first-order valence-electron chi connectivity index (χ1n) is 7.21. The van der Waals surface area contributed by atoms with Gasteiger partial charge in [0.2, 0.25) is 0 Å². The van der Waals surface area contributed by atoms with Crippen molar-refractivity contribution in [2.75, 3.05) is 18.1 Å². The van der Waals surface area contributed by atoms with E-state index in [2.05, 4.69) is 12.1 Å². The van der Waals surface area contributed by atoms with E-state index in [0.717, 1.165) is 23.5 Å². The molecular weight excluding hydrogens is 282 g/mol. The molecule has 0 aliphatic heterocycles. The van der Waals surface area contributed by atoms with E-state index in [4.69, 9.17) is 10.5 Å². The van der Waals surface area contributed by atoms with Crippen LogP contribution in [-0.2, 0) is 23.6 Å². The summed E-state index contributed by atoms with van der Waals surface area (Å²) in [6.07, 6.45) is 3.48. The number of aryl methyl sites for hydroxylation is 2. The highest BCUT2D eigenvalue weighted by Crippen LogP contribution is 2.24. The Balaban J connectivity index is 1.57. The molecule has 2 aromatic rings. The average molecular weight is 301 g/mol. The monoisotopic (exact) mass is 301 g/mol. The Morgan fingerprint density at radius 2 is 1.95 bits per heavy atom. The van der Waals surface area contributed by atoms with Crippen LogP contribution in [0.5, 0.6) is 5.75 Å². The summed E-state index contributed by atoms with van der Waals surface area (Å²) < 4.78 is 17.9. The summed E-state index contributed by atoms with van der Waals surface area (Å²) in [6, 6.07) is 13.5. The molecule has 0 aromatic heterocycles. The lowest BCUT2D eigenvalue weighted by atomic mass is 10.1. The van der Waals surface area contributed by atoms with Crippen LogP contribution in [0.1, 0.15) is 17.5 Å². The minimum absolute atomic E-state index is 0.424. The predicted octanol–water partition coefficient (Wildman–Crippen LogP) is 2.94. The molecule has 2 N–H and O–H groups in total. The van der Waals surface area contributed by atoms with Crippen LogP contribution in [0.25, 0.3) is 0 Å². The van der Waals surface area contributed by atoms with Gasteiger partial charge >= 0.3 is 0 Å². The molecule has 0 amide bonds. The third kappa shape index (κ3) is 3.45. The molecule has 3 nitrogen and oxygen atoms in total. The number of rotatable bonds is 5. The number of anilines is 1. The maximum atomic E-state index is 12.3. The summed E-state index contributed by atoms with van der Waals surface area (Å²) in [4.78, 5) is 0.909. The van der Waals surface area contributed by atoms with Crippen LogP contribution in [0.2, 0.25) is 0 Å². The number of nitrogens with two attached hydrogens (primary N) is 1. The van der Waals surface area contributed by atoms with Gasteiger partial charge in [0.1, 0.15) is 12.4 Å². The number of benzene rings is 2. The van der Waals surface area contributed by atoms with Crippen molar-refractivity contribution in [3.63, 3.8) is 0 Å². The molecule has 1 aliphatic rings. The molecule has 0 heterocycles. The molecule has 2 aromatic carbocycles. The van der Waals surface area contributed by atoms with E-state index >= 15 is 0 Å². The van der Waals surface area contributed by atoms with Gasteiger partial charge in [-0.15, -0.1) is 0 Å². The van der Waals surface area contributed by atoms with E-state index < -0.39 is 10.8 Å². The molecule has 0 radical (unpaired) electrons. The van der Waals surface area contributed by atoms with E-state index in [9.17, 15) is 4.21 Å². The van der Waals surface area contributed by atoms with Crippen molar-refractivity contribution in [2.24, 2.45) is 0 Å². The second-order valence-corrected chi connectivity index (χ2v) is 6.83. The van der Waals surface area contributed by atoms with Gasteiger partial charge in [-0.2, -0.15) is 0 Å². The van der Waals surface area contributed by atoms with Crippen LogP contribution in [0.3, 0.4) is 0 Å². The van der Waals surface area contributed by atoms with Crippen molar-refractivity contribution >= 4 is 16.5 Å². The van der Waals surface area contributed by atoms with Crippen LogP contribution >= 0.6 is 0 Å². The van der Waals surface area contributed by atoms with Gasteiger partial charge in [0.05, 0.1) is 16.6 Å². The van der Waals surface area contributed by atoms with Gasteiger partial charge in [-0.25, -0.2) is 0 Å². The van der Waals surface area contributed by atoms with Gasteiger partial charge in [0.15, 0.2) is 0 Å². The van der Waals surface area contributed by atoms with Gasteiger partial charge in [0.25, 0.3) is 0 Å². The van der Waals surface area contributed by atoms with E-state index in [1.165, 1.54) is 17.5 Å². The summed E-state index contributed by atoms with van der Waals surface area (Å²) in [5.41, 5.74) is 9.13. The molecule has 1 unspecified atom stereocenters. The molecular formula is C17H19NO2S. The summed E-state index contributed by atoms with van der Waals surface area (Å²) in [5, 5.41) is 0. The molecule has 0 saturated heterocycles. The maximum absolute atomic E-state index is 12.3. The SMILES string of the molecule is Nc1cccc(OCCS(=O)c2ccc3c(c2)CCC3)c1. The molecule has 3 rings (SSSR count). The van der Waals surface area contributed by atoms with Crippen LogP contribution in [-0.4, -0.2) is 16.6 Å². The van der Waals surface area contributed by atoms with Gasteiger partial charge in [0, 0.05) is 16.6 Å². The molecule has 4 heteroatoms. The van der Waals surface area contributed by atoms with Crippen molar-refractivity contribution in [1.29, 1.82) is 0 Å². The highest BCUT2D eigenvalue weighted by atomic mass is 32.2. The van der Waals surface area contributed by atoms with Gasteiger partial charge in [-0.1, -0.05) is 12.1 Å². The summed E-state index contributed by atoms with van der Waals surface area (Å²) in [5.74, 6) is 1.22. The predicted molar refractivity (Wildman–Crippen MR) is 86.1 cm³/mol. The van der Waals surface area contributed by atoms with Crippen molar-refractivity contribution in [3.05, 3.63) is 53.6 Å². The summed E-state index contributed by atoms with van der Waals surface area (Å²) in [7, 11) is -1.01. The van der Waals surface area contributed by atoms with E-state index in [1.54, 1.807) is 6.07 Å². The Morgan fingerprint density at radius 1 is 1.10 bits per heavy atom. The van der Waals surface area contributed by atoms with Crippen LogP contribution in [0.15, 0.2) is 47.4 Å². The fourth-order valence-corrected chi connectivity index (χ4v) is 3.61. The Kier molecular flexibility index (Phi) is 4.25.